The molecule has 1 aliphatic heterocycles. The third-order valence-electron chi connectivity index (χ3n) is 5.29. The highest BCUT2D eigenvalue weighted by molar-refractivity contribution is 7.89. The molecule has 1 aromatic heterocycles. The molecule has 1 amide bonds. The third kappa shape index (κ3) is 5.16. The molecule has 0 spiro atoms. The number of nitrogens with one attached hydrogen (secondary N) is 1. The van der Waals surface area contributed by atoms with Crippen LogP contribution in [0.15, 0.2) is 47.5 Å². The first-order valence-electron chi connectivity index (χ1n) is 10.0. The number of nitrogens with two attached hydrogens (primary N) is 1. The zero-order valence-electron chi connectivity index (χ0n) is 17.1. The van der Waals surface area contributed by atoms with Crippen LogP contribution in [-0.2, 0) is 32.7 Å². The number of nitrogens with zero attached hydrogens (tertiary/aromatic N) is 3. The maximum atomic E-state index is 12.5. The van der Waals surface area contributed by atoms with Crippen LogP contribution in [0, 0.1) is 0 Å². The average molecular weight is 476 g/mol. The number of aromatic nitrogens is 2. The number of anilines is 1. The van der Waals surface area contributed by atoms with Crippen LogP contribution in [0.1, 0.15) is 18.4 Å². The van der Waals surface area contributed by atoms with Gasteiger partial charge in [0.2, 0.25) is 15.9 Å². The van der Waals surface area contributed by atoms with Crippen molar-refractivity contribution in [3.63, 3.8) is 0 Å². The number of likely N-dealkylation sites (tertiary alicyclic amines) is 1. The van der Waals surface area contributed by atoms with E-state index >= 15 is 0 Å². The van der Waals surface area contributed by atoms with Gasteiger partial charge in [0.05, 0.1) is 23.5 Å². The fourth-order valence-corrected chi connectivity index (χ4v) is 4.65. The molecule has 3 aromatic rings. The number of benzene rings is 2. The summed E-state index contributed by atoms with van der Waals surface area (Å²) in [6.45, 7) is 1.67. The van der Waals surface area contributed by atoms with Gasteiger partial charge < -0.3 is 5.32 Å². The second kappa shape index (κ2) is 8.99. The van der Waals surface area contributed by atoms with E-state index in [1.165, 1.54) is 6.07 Å². The lowest BCUT2D eigenvalue weighted by Gasteiger charge is -2.25. The van der Waals surface area contributed by atoms with E-state index < -0.39 is 10.0 Å². The number of hydrogen-bond acceptors (Lipinski definition) is 6. The zero-order valence-corrected chi connectivity index (χ0v) is 18.7. The van der Waals surface area contributed by atoms with E-state index in [1.54, 1.807) is 41.2 Å². The Morgan fingerprint density at radius 1 is 1.19 bits per heavy atom. The van der Waals surface area contributed by atoms with Gasteiger partial charge in [-0.05, 0) is 23.8 Å². The molecule has 3 N–H and O–H groups in total. The van der Waals surface area contributed by atoms with E-state index in [4.69, 9.17) is 16.7 Å². The highest BCUT2D eigenvalue weighted by Gasteiger charge is 2.20. The van der Waals surface area contributed by atoms with Gasteiger partial charge in [-0.25, -0.2) is 13.6 Å². The summed E-state index contributed by atoms with van der Waals surface area (Å²) < 4.78 is 26.1. The maximum absolute atomic E-state index is 12.5. The van der Waals surface area contributed by atoms with Gasteiger partial charge in [-0.1, -0.05) is 29.8 Å². The highest BCUT2D eigenvalue weighted by atomic mass is 35.5. The van der Waals surface area contributed by atoms with Crippen LogP contribution in [0.25, 0.3) is 10.9 Å². The Morgan fingerprint density at radius 2 is 1.91 bits per heavy atom. The molecule has 0 unspecified atom stereocenters. The predicted molar refractivity (Wildman–Crippen MR) is 121 cm³/mol. The number of fused-ring (bicyclic) bond motifs is 1. The van der Waals surface area contributed by atoms with E-state index in [-0.39, 0.29) is 28.7 Å². The van der Waals surface area contributed by atoms with Crippen LogP contribution in [0.4, 0.5) is 5.69 Å². The molecule has 0 saturated carbocycles. The minimum absolute atomic E-state index is 0.0323. The number of halogens is 1. The molecule has 9 nitrogen and oxygen atoms in total. The Hall–Kier alpha value is -2.79. The molecule has 168 valence electrons. The normalized spacial score (nSPS) is 15.2. The van der Waals surface area contributed by atoms with Crippen molar-refractivity contribution in [1.29, 1.82) is 0 Å². The maximum Gasteiger partial charge on any atom is 0.238 e. The zero-order chi connectivity index (χ0) is 22.9. The van der Waals surface area contributed by atoms with E-state index in [2.05, 4.69) is 15.3 Å². The second-order valence-corrected chi connectivity index (χ2v) is 9.67. The van der Waals surface area contributed by atoms with Crippen molar-refractivity contribution in [3.05, 3.63) is 53.2 Å². The minimum Gasteiger partial charge on any atom is -0.326 e. The molecular formula is C21H22ClN5O4S. The number of carbonyl (C=O) groups is 2. The number of rotatable bonds is 6. The number of hydrogen-bond donors (Lipinski definition) is 2. The Bertz CT molecular complexity index is 1290. The van der Waals surface area contributed by atoms with Gasteiger partial charge in [0.25, 0.3) is 0 Å². The first-order chi connectivity index (χ1) is 15.2. The van der Waals surface area contributed by atoms with Gasteiger partial charge in [-0.3, -0.25) is 19.2 Å². The van der Waals surface area contributed by atoms with E-state index in [0.29, 0.717) is 54.1 Å². The van der Waals surface area contributed by atoms with Crippen LogP contribution < -0.4 is 10.5 Å². The Labute approximate surface area is 190 Å². The average Bonchev–Trinajstić information content (AvgIpc) is 3.12. The van der Waals surface area contributed by atoms with Gasteiger partial charge in [0.15, 0.2) is 0 Å². The number of ketones is 1. The van der Waals surface area contributed by atoms with Crippen molar-refractivity contribution in [2.24, 2.45) is 5.14 Å². The molecule has 0 atom stereocenters. The summed E-state index contributed by atoms with van der Waals surface area (Å²) >= 11 is 6.11. The van der Waals surface area contributed by atoms with Crippen molar-refractivity contribution >= 4 is 49.9 Å². The lowest BCUT2D eigenvalue weighted by atomic mass is 10.1. The highest BCUT2D eigenvalue weighted by Crippen LogP contribution is 2.27. The molecule has 4 rings (SSSR count). The molecule has 11 heteroatoms. The van der Waals surface area contributed by atoms with Gasteiger partial charge in [0.1, 0.15) is 5.78 Å². The van der Waals surface area contributed by atoms with Crippen LogP contribution in [0.5, 0.6) is 0 Å². The van der Waals surface area contributed by atoms with Crippen molar-refractivity contribution < 1.29 is 18.0 Å². The van der Waals surface area contributed by atoms with Crippen LogP contribution in [0.2, 0.25) is 5.02 Å². The summed E-state index contributed by atoms with van der Waals surface area (Å²) in [5.41, 5.74) is 1.31. The largest absolute Gasteiger partial charge is 0.326 e. The van der Waals surface area contributed by atoms with Gasteiger partial charge >= 0.3 is 0 Å². The molecule has 0 radical (unpaired) electrons. The number of amides is 1. The molecule has 1 saturated heterocycles. The molecule has 32 heavy (non-hydrogen) atoms. The molecule has 0 bridgehead atoms. The summed E-state index contributed by atoms with van der Waals surface area (Å²) in [5, 5.41) is 13.4. The van der Waals surface area contributed by atoms with E-state index in [9.17, 15) is 18.0 Å². The van der Waals surface area contributed by atoms with Crippen molar-refractivity contribution in [2.45, 2.75) is 30.8 Å². The molecule has 2 aromatic carbocycles. The summed E-state index contributed by atoms with van der Waals surface area (Å²) in [5.74, 6) is -0.115. The lowest BCUT2D eigenvalue weighted by Crippen LogP contribution is -2.35. The number of sulfonamides is 1. The van der Waals surface area contributed by atoms with Gasteiger partial charge in [-0.15, -0.1) is 0 Å². The SMILES string of the molecule is NS(=O)(=O)c1cc(NC(=O)Cc2ccccc2Cl)cc2nn(CN3CCC(=O)CC3)cc12. The first-order valence-corrected chi connectivity index (χ1v) is 11.9. The fourth-order valence-electron chi connectivity index (χ4n) is 3.69. The molecule has 1 aliphatic rings. The predicted octanol–water partition coefficient (Wildman–Crippen LogP) is 2.14. The summed E-state index contributed by atoms with van der Waals surface area (Å²) in [7, 11) is -4.06. The third-order valence-corrected chi connectivity index (χ3v) is 6.61. The fraction of sp³-hybridized carbons (Fsp3) is 0.286. The topological polar surface area (TPSA) is 127 Å². The lowest BCUT2D eigenvalue weighted by molar-refractivity contribution is -0.121. The van der Waals surface area contributed by atoms with Crippen molar-refractivity contribution in [1.82, 2.24) is 14.7 Å². The minimum atomic E-state index is -4.06. The van der Waals surface area contributed by atoms with Crippen LogP contribution >= 0.6 is 11.6 Å². The van der Waals surface area contributed by atoms with Crippen LogP contribution in [-0.4, -0.2) is 47.9 Å². The van der Waals surface area contributed by atoms with E-state index in [1.807, 2.05) is 0 Å². The monoisotopic (exact) mass is 475 g/mol. The summed E-state index contributed by atoms with van der Waals surface area (Å²) in [6, 6.07) is 9.92. The summed E-state index contributed by atoms with van der Waals surface area (Å²) in [6.07, 6.45) is 2.63. The number of piperidine rings is 1. The molecule has 1 fully saturated rings. The Kier molecular flexibility index (Phi) is 6.29. The standard InChI is InChI=1S/C21H22ClN5O4S/c22-18-4-2-1-3-14(18)9-21(29)24-15-10-19-17(20(11-15)32(23,30)31)12-27(25-19)13-26-7-5-16(28)6-8-26/h1-4,10-12H,5-9,13H2,(H,24,29)(H2,23,30,31). The number of primary sulfonamides is 1. The second-order valence-electron chi connectivity index (χ2n) is 7.74. The quantitative estimate of drug-likeness (QED) is 0.562. The summed E-state index contributed by atoms with van der Waals surface area (Å²) in [4.78, 5) is 25.9. The smallest absolute Gasteiger partial charge is 0.238 e. The van der Waals surface area contributed by atoms with Crippen molar-refractivity contribution in [3.8, 4) is 0 Å². The number of Topliss-reactive ketones (excluding diaryl/α,β-unsaturated/α-hetero) is 1. The number of carbonyl (C=O) groups excluding carboxylic acids is 2. The van der Waals surface area contributed by atoms with Gasteiger partial charge in [-0.2, -0.15) is 5.10 Å². The van der Waals surface area contributed by atoms with E-state index in [0.717, 1.165) is 0 Å². The van der Waals surface area contributed by atoms with Crippen LogP contribution in [0.3, 0.4) is 0 Å². The van der Waals surface area contributed by atoms with Crippen molar-refractivity contribution in [2.75, 3.05) is 18.4 Å². The molecule has 0 aliphatic carbocycles. The molecule has 2 heterocycles. The Morgan fingerprint density at radius 3 is 2.59 bits per heavy atom. The Balaban J connectivity index is 1.60. The van der Waals surface area contributed by atoms with Gasteiger partial charge in [0, 0.05) is 48.2 Å². The first kappa shape index (κ1) is 22.4. The molecular weight excluding hydrogens is 454 g/mol.